The zero-order chi connectivity index (χ0) is 27.5. The largest absolute Gasteiger partial charge is 0.495 e. The molecule has 0 aliphatic carbocycles. The van der Waals surface area contributed by atoms with Crippen molar-refractivity contribution in [2.45, 2.75) is 69.1 Å². The normalized spacial score (nSPS) is 17.2. The molecule has 2 aromatic carbocycles. The van der Waals surface area contributed by atoms with Gasteiger partial charge < -0.3 is 20.7 Å². The monoisotopic (exact) mass is 557 g/mol. The molecule has 1 aliphatic rings. The van der Waals surface area contributed by atoms with Crippen LogP contribution in [-0.4, -0.2) is 37.3 Å². The Bertz CT molecular complexity index is 1410. The maximum absolute atomic E-state index is 12.9. The van der Waals surface area contributed by atoms with Gasteiger partial charge in [-0.3, -0.25) is 0 Å². The van der Waals surface area contributed by atoms with Crippen LogP contribution in [0.15, 0.2) is 47.5 Å². The molecule has 0 radical (unpaired) electrons. The second kappa shape index (κ2) is 11.5. The van der Waals surface area contributed by atoms with Crippen molar-refractivity contribution in [3.05, 3.63) is 58.7 Å². The van der Waals surface area contributed by atoms with Gasteiger partial charge in [0.25, 0.3) is 0 Å². The fourth-order valence-corrected chi connectivity index (χ4v) is 6.43. The minimum Gasteiger partial charge on any atom is -0.495 e. The first-order valence-corrected chi connectivity index (χ1v) is 14.9. The van der Waals surface area contributed by atoms with Crippen LogP contribution < -0.4 is 20.7 Å². The van der Waals surface area contributed by atoms with Crippen LogP contribution in [0.2, 0.25) is 5.02 Å². The van der Waals surface area contributed by atoms with Gasteiger partial charge in [-0.1, -0.05) is 44.0 Å². The summed E-state index contributed by atoms with van der Waals surface area (Å²) in [5.74, 6) is 1.31. The van der Waals surface area contributed by atoms with E-state index in [0.29, 0.717) is 23.2 Å². The van der Waals surface area contributed by atoms with Crippen LogP contribution in [0.4, 0.5) is 23.1 Å². The van der Waals surface area contributed by atoms with E-state index in [-0.39, 0.29) is 15.3 Å². The van der Waals surface area contributed by atoms with Crippen molar-refractivity contribution < 1.29 is 13.2 Å². The first-order valence-electron chi connectivity index (χ1n) is 13.0. The molecule has 204 valence electrons. The Kier molecular flexibility index (Phi) is 8.49. The molecule has 4 rings (SSSR count). The standard InChI is InChI=1S/C28H36ClN5O3S/c1-6-12-28(7-2)17-30-15-19-13-23(24(37-5)14-20(19)28)33-27-31-16-21(29)26(34-27)32-22-10-8-9-11-25(22)38(35,36)18(3)4/h8-11,13-14,16,18,30H,6-7,12,15,17H2,1-5H3,(H2,31,32,33,34). The predicted molar refractivity (Wildman–Crippen MR) is 154 cm³/mol. The lowest BCUT2D eigenvalue weighted by molar-refractivity contribution is 0.326. The number of sulfone groups is 1. The number of aromatic nitrogens is 2. The number of para-hydroxylation sites is 1. The Balaban J connectivity index is 1.68. The number of anilines is 4. The number of rotatable bonds is 10. The van der Waals surface area contributed by atoms with Crippen LogP contribution in [0, 0.1) is 0 Å². The Morgan fingerprint density at radius 1 is 1.16 bits per heavy atom. The lowest BCUT2D eigenvalue weighted by atomic mass is 9.71. The van der Waals surface area contributed by atoms with Crippen molar-refractivity contribution in [1.29, 1.82) is 0 Å². The molecular formula is C28H36ClN5O3S. The number of fused-ring (bicyclic) bond motifs is 1. The molecule has 0 spiro atoms. The predicted octanol–water partition coefficient (Wildman–Crippen LogP) is 6.36. The molecule has 3 N–H and O–H groups in total. The zero-order valence-electron chi connectivity index (χ0n) is 22.6. The summed E-state index contributed by atoms with van der Waals surface area (Å²) < 4.78 is 31.6. The van der Waals surface area contributed by atoms with Gasteiger partial charge in [0.05, 0.1) is 34.8 Å². The van der Waals surface area contributed by atoms with E-state index in [1.165, 1.54) is 17.3 Å². The summed E-state index contributed by atoms with van der Waals surface area (Å²) in [4.78, 5) is 9.10. The van der Waals surface area contributed by atoms with Crippen LogP contribution in [0.25, 0.3) is 0 Å². The minimum atomic E-state index is -3.52. The molecule has 1 unspecified atom stereocenters. The number of hydrogen-bond donors (Lipinski definition) is 3. The molecule has 0 fully saturated rings. The lowest BCUT2D eigenvalue weighted by Gasteiger charge is -2.39. The summed E-state index contributed by atoms with van der Waals surface area (Å²) in [5, 5.41) is 9.65. The van der Waals surface area contributed by atoms with Crippen LogP contribution in [0.5, 0.6) is 5.75 Å². The van der Waals surface area contributed by atoms with Gasteiger partial charge in [-0.15, -0.1) is 0 Å². The Morgan fingerprint density at radius 2 is 1.92 bits per heavy atom. The topological polar surface area (TPSA) is 105 Å². The fraction of sp³-hybridized carbons (Fsp3) is 0.429. The van der Waals surface area contributed by atoms with Crippen molar-refractivity contribution in [1.82, 2.24) is 15.3 Å². The molecule has 0 amide bonds. The van der Waals surface area contributed by atoms with Gasteiger partial charge in [-0.05, 0) is 62.1 Å². The molecule has 10 heteroatoms. The maximum Gasteiger partial charge on any atom is 0.229 e. The van der Waals surface area contributed by atoms with Crippen molar-refractivity contribution in [3.8, 4) is 5.75 Å². The molecule has 38 heavy (non-hydrogen) atoms. The summed E-state index contributed by atoms with van der Waals surface area (Å²) in [6, 6.07) is 11.0. The summed E-state index contributed by atoms with van der Waals surface area (Å²) in [6.45, 7) is 9.49. The van der Waals surface area contributed by atoms with Gasteiger partial charge in [0.15, 0.2) is 15.7 Å². The number of hydrogen-bond acceptors (Lipinski definition) is 8. The second-order valence-corrected chi connectivity index (χ2v) is 12.8. The molecule has 1 aromatic heterocycles. The van der Waals surface area contributed by atoms with Crippen molar-refractivity contribution in [3.63, 3.8) is 0 Å². The summed E-state index contributed by atoms with van der Waals surface area (Å²) in [6.07, 6.45) is 4.73. The zero-order valence-corrected chi connectivity index (χ0v) is 24.1. The van der Waals surface area contributed by atoms with E-state index in [9.17, 15) is 8.42 Å². The summed E-state index contributed by atoms with van der Waals surface area (Å²) in [5.41, 5.74) is 3.76. The Morgan fingerprint density at radius 3 is 2.61 bits per heavy atom. The highest BCUT2D eigenvalue weighted by atomic mass is 35.5. The van der Waals surface area contributed by atoms with Crippen molar-refractivity contribution in [2.24, 2.45) is 0 Å². The molecular weight excluding hydrogens is 522 g/mol. The van der Waals surface area contributed by atoms with E-state index in [1.807, 2.05) is 0 Å². The van der Waals surface area contributed by atoms with E-state index in [2.05, 4.69) is 51.9 Å². The van der Waals surface area contributed by atoms with E-state index in [1.54, 1.807) is 45.2 Å². The molecule has 1 atom stereocenters. The number of nitrogens with one attached hydrogen (secondary N) is 3. The Labute approximate surface area is 230 Å². The van der Waals surface area contributed by atoms with Gasteiger partial charge >= 0.3 is 0 Å². The molecule has 2 heterocycles. The smallest absolute Gasteiger partial charge is 0.229 e. The number of halogens is 1. The van der Waals surface area contributed by atoms with Crippen LogP contribution >= 0.6 is 11.6 Å². The van der Waals surface area contributed by atoms with Crippen molar-refractivity contribution in [2.75, 3.05) is 24.3 Å². The maximum atomic E-state index is 12.9. The number of ether oxygens (including phenoxy) is 1. The van der Waals surface area contributed by atoms with Crippen LogP contribution in [0.1, 0.15) is 58.1 Å². The molecule has 0 saturated carbocycles. The third-order valence-corrected chi connectivity index (χ3v) is 9.73. The fourth-order valence-electron chi connectivity index (χ4n) is 5.09. The average Bonchev–Trinajstić information content (AvgIpc) is 2.90. The third-order valence-electron chi connectivity index (χ3n) is 7.24. The van der Waals surface area contributed by atoms with E-state index in [4.69, 9.17) is 16.3 Å². The summed E-state index contributed by atoms with van der Waals surface area (Å²) >= 11 is 6.41. The molecule has 0 bridgehead atoms. The van der Waals surface area contributed by atoms with Gasteiger partial charge in [0.1, 0.15) is 10.8 Å². The quantitative estimate of drug-likeness (QED) is 0.264. The number of benzene rings is 2. The van der Waals surface area contributed by atoms with E-state index >= 15 is 0 Å². The van der Waals surface area contributed by atoms with Gasteiger partial charge in [0, 0.05) is 18.5 Å². The van der Waals surface area contributed by atoms with Gasteiger partial charge in [0.2, 0.25) is 5.95 Å². The summed E-state index contributed by atoms with van der Waals surface area (Å²) in [7, 11) is -1.86. The van der Waals surface area contributed by atoms with E-state index in [0.717, 1.165) is 38.0 Å². The van der Waals surface area contributed by atoms with E-state index < -0.39 is 15.1 Å². The molecule has 8 nitrogen and oxygen atoms in total. The minimum absolute atomic E-state index is 0.0751. The van der Waals surface area contributed by atoms with Gasteiger partial charge in [-0.2, -0.15) is 4.98 Å². The third kappa shape index (κ3) is 5.46. The van der Waals surface area contributed by atoms with Crippen LogP contribution in [0.3, 0.4) is 0 Å². The van der Waals surface area contributed by atoms with Crippen molar-refractivity contribution >= 4 is 44.6 Å². The lowest BCUT2D eigenvalue weighted by Crippen LogP contribution is -2.42. The molecule has 1 aliphatic heterocycles. The number of nitrogens with zero attached hydrogens (tertiary/aromatic N) is 2. The highest BCUT2D eigenvalue weighted by Crippen LogP contribution is 2.42. The first kappa shape index (κ1) is 28.1. The molecule has 3 aromatic rings. The highest BCUT2D eigenvalue weighted by molar-refractivity contribution is 7.92. The Hall–Kier alpha value is -2.88. The van der Waals surface area contributed by atoms with Crippen LogP contribution in [-0.2, 0) is 21.8 Å². The number of methoxy groups -OCH3 is 1. The SMILES string of the molecule is CCCC1(CC)CNCc2cc(Nc3ncc(Cl)c(Nc4ccccc4S(=O)(=O)C(C)C)n3)c(OC)cc21. The second-order valence-electron chi connectivity index (χ2n) is 9.93. The average molecular weight is 558 g/mol. The first-order chi connectivity index (χ1) is 18.1. The molecule has 0 saturated heterocycles. The van der Waals surface area contributed by atoms with Gasteiger partial charge in [-0.25, -0.2) is 13.4 Å². The highest BCUT2D eigenvalue weighted by Gasteiger charge is 2.35.